The van der Waals surface area contributed by atoms with E-state index in [1.54, 1.807) is 0 Å². The first kappa shape index (κ1) is 24.0. The Kier molecular flexibility index (Phi) is 11.9. The van der Waals surface area contributed by atoms with Crippen LogP contribution in [0.4, 0.5) is 8.78 Å². The molecule has 0 bridgehead atoms. The van der Waals surface area contributed by atoms with Gasteiger partial charge in [-0.1, -0.05) is 0 Å². The summed E-state index contributed by atoms with van der Waals surface area (Å²) in [6.07, 6.45) is 1.15. The maximum Gasteiger partial charge on any atom is 0.191 e. The summed E-state index contributed by atoms with van der Waals surface area (Å²) in [5, 5.41) is 5.94. The van der Waals surface area contributed by atoms with E-state index in [0.29, 0.717) is 25.7 Å². The van der Waals surface area contributed by atoms with Crippen molar-refractivity contribution in [2.24, 2.45) is 4.99 Å². The van der Waals surface area contributed by atoms with Crippen molar-refractivity contribution in [2.45, 2.75) is 13.5 Å². The summed E-state index contributed by atoms with van der Waals surface area (Å²) in [5.74, 6) is -0.619. The van der Waals surface area contributed by atoms with E-state index >= 15 is 0 Å². The zero-order valence-corrected chi connectivity index (χ0v) is 17.4. The van der Waals surface area contributed by atoms with Crippen molar-refractivity contribution >= 4 is 39.8 Å². The molecule has 0 heterocycles. The number of hydrogen-bond donors (Lipinski definition) is 2. The van der Waals surface area contributed by atoms with E-state index in [9.17, 15) is 17.2 Å². The molecule has 0 spiro atoms. The first-order valence-electron chi connectivity index (χ1n) is 7.53. The van der Waals surface area contributed by atoms with Gasteiger partial charge in [0.15, 0.2) is 5.96 Å². The summed E-state index contributed by atoms with van der Waals surface area (Å²) in [5.41, 5.74) is 0.164. The van der Waals surface area contributed by atoms with Gasteiger partial charge in [0.05, 0.1) is 25.5 Å². The van der Waals surface area contributed by atoms with E-state index in [2.05, 4.69) is 15.6 Å². The van der Waals surface area contributed by atoms with Gasteiger partial charge in [-0.15, -0.1) is 24.0 Å². The van der Waals surface area contributed by atoms with Crippen molar-refractivity contribution < 1.29 is 21.9 Å². The zero-order chi connectivity index (χ0) is 18.0. The van der Waals surface area contributed by atoms with Crippen LogP contribution in [0.3, 0.4) is 0 Å². The molecule has 0 fully saturated rings. The lowest BCUT2D eigenvalue weighted by atomic mass is 10.2. The third-order valence-corrected chi connectivity index (χ3v) is 3.81. The van der Waals surface area contributed by atoms with Crippen LogP contribution < -0.4 is 10.6 Å². The van der Waals surface area contributed by atoms with E-state index in [4.69, 9.17) is 4.74 Å². The Morgan fingerprint density at radius 2 is 1.96 bits per heavy atom. The minimum Gasteiger partial charge on any atom is -0.379 e. The van der Waals surface area contributed by atoms with Gasteiger partial charge in [-0.2, -0.15) is 0 Å². The van der Waals surface area contributed by atoms with Gasteiger partial charge in [0.2, 0.25) is 0 Å². The van der Waals surface area contributed by atoms with Crippen LogP contribution in [-0.2, 0) is 21.1 Å². The molecule has 0 aromatic heterocycles. The molecule has 0 saturated carbocycles. The van der Waals surface area contributed by atoms with E-state index in [-0.39, 0.29) is 48.4 Å². The Bertz CT molecular complexity index is 657. The standard InChI is InChI=1S/C15H23F2N3O3S.HI/c1-3-18-15(19-6-7-23-8-9-24(2,21)22)20-11-12-10-13(16)4-5-14(12)17;/h4-5,10H,3,6-9,11H2,1-2H3,(H2,18,19,20);1H. The van der Waals surface area contributed by atoms with Crippen molar-refractivity contribution in [2.75, 3.05) is 38.3 Å². The van der Waals surface area contributed by atoms with Crippen LogP contribution in [0.25, 0.3) is 0 Å². The molecule has 0 saturated heterocycles. The molecule has 0 unspecified atom stereocenters. The predicted octanol–water partition coefficient (Wildman–Crippen LogP) is 1.70. The average molecular weight is 491 g/mol. The fraction of sp³-hybridized carbons (Fsp3) is 0.533. The monoisotopic (exact) mass is 491 g/mol. The number of halogens is 3. The van der Waals surface area contributed by atoms with Gasteiger partial charge < -0.3 is 15.4 Å². The topological polar surface area (TPSA) is 79.8 Å². The lowest BCUT2D eigenvalue weighted by Gasteiger charge is -2.11. The van der Waals surface area contributed by atoms with Crippen molar-refractivity contribution in [3.63, 3.8) is 0 Å². The second-order valence-electron chi connectivity index (χ2n) is 5.10. The van der Waals surface area contributed by atoms with Gasteiger partial charge in [0.25, 0.3) is 0 Å². The number of nitrogens with one attached hydrogen (secondary N) is 2. The molecule has 0 amide bonds. The molecule has 0 radical (unpaired) electrons. The molecule has 25 heavy (non-hydrogen) atoms. The third-order valence-electron chi connectivity index (χ3n) is 2.90. The maximum absolute atomic E-state index is 13.5. The lowest BCUT2D eigenvalue weighted by molar-refractivity contribution is 0.154. The molecule has 0 aliphatic carbocycles. The molecule has 144 valence electrons. The summed E-state index contributed by atoms with van der Waals surface area (Å²) in [6, 6.07) is 3.23. The van der Waals surface area contributed by atoms with Crippen molar-refractivity contribution in [1.29, 1.82) is 0 Å². The van der Waals surface area contributed by atoms with Crippen LogP contribution >= 0.6 is 24.0 Å². The van der Waals surface area contributed by atoms with Gasteiger partial charge in [-0.3, -0.25) is 0 Å². The van der Waals surface area contributed by atoms with Gasteiger partial charge in [0.1, 0.15) is 21.5 Å². The van der Waals surface area contributed by atoms with E-state index in [1.165, 1.54) is 0 Å². The van der Waals surface area contributed by atoms with Crippen molar-refractivity contribution in [1.82, 2.24) is 10.6 Å². The molecular formula is C15H24F2IN3O3S. The average Bonchev–Trinajstić information content (AvgIpc) is 2.50. The van der Waals surface area contributed by atoms with Crippen LogP contribution in [0.1, 0.15) is 12.5 Å². The number of nitrogens with zero attached hydrogens (tertiary/aromatic N) is 1. The number of sulfone groups is 1. The molecule has 10 heteroatoms. The van der Waals surface area contributed by atoms with E-state index in [1.807, 2.05) is 6.92 Å². The highest BCUT2D eigenvalue weighted by molar-refractivity contribution is 14.0. The highest BCUT2D eigenvalue weighted by Gasteiger charge is 2.05. The van der Waals surface area contributed by atoms with Gasteiger partial charge in [-0.25, -0.2) is 22.2 Å². The molecule has 2 N–H and O–H groups in total. The molecular weight excluding hydrogens is 467 g/mol. The SMILES string of the molecule is CCNC(=NCc1cc(F)ccc1F)NCCOCCS(C)(=O)=O.I. The Hall–Kier alpha value is -1.01. The Balaban J connectivity index is 0.00000576. The zero-order valence-electron chi connectivity index (χ0n) is 14.2. The van der Waals surface area contributed by atoms with E-state index in [0.717, 1.165) is 24.5 Å². The predicted molar refractivity (Wildman–Crippen MR) is 105 cm³/mol. The van der Waals surface area contributed by atoms with Gasteiger partial charge in [0, 0.05) is 24.9 Å². The number of rotatable bonds is 9. The highest BCUT2D eigenvalue weighted by atomic mass is 127. The smallest absolute Gasteiger partial charge is 0.191 e. The fourth-order valence-corrected chi connectivity index (χ4v) is 2.15. The molecule has 1 rings (SSSR count). The maximum atomic E-state index is 13.5. The van der Waals surface area contributed by atoms with Gasteiger partial charge in [-0.05, 0) is 25.1 Å². The molecule has 1 aromatic carbocycles. The highest BCUT2D eigenvalue weighted by Crippen LogP contribution is 2.10. The first-order chi connectivity index (χ1) is 11.3. The summed E-state index contributed by atoms with van der Waals surface area (Å²) in [6.45, 7) is 3.31. The number of ether oxygens (including phenoxy) is 1. The van der Waals surface area contributed by atoms with Crippen LogP contribution in [0.15, 0.2) is 23.2 Å². The number of aliphatic imine (C=N–C) groups is 1. The first-order valence-corrected chi connectivity index (χ1v) is 9.59. The van der Waals surface area contributed by atoms with Crippen LogP contribution in [-0.4, -0.2) is 52.7 Å². The minimum absolute atomic E-state index is 0. The van der Waals surface area contributed by atoms with Crippen LogP contribution in [0, 0.1) is 11.6 Å². The Morgan fingerprint density at radius 1 is 1.24 bits per heavy atom. The molecule has 0 atom stereocenters. The lowest BCUT2D eigenvalue weighted by Crippen LogP contribution is -2.39. The second-order valence-corrected chi connectivity index (χ2v) is 7.36. The minimum atomic E-state index is -3.03. The third kappa shape index (κ3) is 11.3. The summed E-state index contributed by atoms with van der Waals surface area (Å²) in [7, 11) is -3.03. The summed E-state index contributed by atoms with van der Waals surface area (Å²) < 4.78 is 53.8. The van der Waals surface area contributed by atoms with Crippen LogP contribution in [0.5, 0.6) is 0 Å². The normalized spacial score (nSPS) is 11.8. The van der Waals surface area contributed by atoms with Gasteiger partial charge >= 0.3 is 0 Å². The Morgan fingerprint density at radius 3 is 2.60 bits per heavy atom. The number of hydrogen-bond acceptors (Lipinski definition) is 4. The molecule has 0 aliphatic heterocycles. The largest absolute Gasteiger partial charge is 0.379 e. The summed E-state index contributed by atoms with van der Waals surface area (Å²) in [4.78, 5) is 4.18. The van der Waals surface area contributed by atoms with E-state index < -0.39 is 21.5 Å². The quantitative estimate of drug-likeness (QED) is 0.238. The van der Waals surface area contributed by atoms with Crippen molar-refractivity contribution in [3.8, 4) is 0 Å². The second kappa shape index (κ2) is 12.4. The number of benzene rings is 1. The molecule has 0 aliphatic rings. The Labute approximate surface area is 164 Å². The summed E-state index contributed by atoms with van der Waals surface area (Å²) >= 11 is 0. The molecule has 6 nitrogen and oxygen atoms in total. The number of guanidine groups is 1. The van der Waals surface area contributed by atoms with Crippen molar-refractivity contribution in [3.05, 3.63) is 35.4 Å². The molecule has 1 aromatic rings. The van der Waals surface area contributed by atoms with Crippen LogP contribution in [0.2, 0.25) is 0 Å². The fourth-order valence-electron chi connectivity index (χ4n) is 1.72.